The topological polar surface area (TPSA) is 46.1 Å². The number of hydrogen-bond donors (Lipinski definition) is 0. The van der Waals surface area contributed by atoms with Gasteiger partial charge >= 0.3 is 0 Å². The quantitative estimate of drug-likeness (QED) is 0.133. The largest absolute Gasteiger partial charge is 0.677 e. The molecule has 0 spiro atoms. The van der Waals surface area contributed by atoms with Gasteiger partial charge < -0.3 is 15.2 Å². The Morgan fingerprint density at radius 1 is 0.595 bits per heavy atom. The van der Waals surface area contributed by atoms with E-state index in [1.807, 2.05) is 48.5 Å². The number of rotatable bonds is 14. The maximum absolute atomic E-state index is 7.23. The van der Waals surface area contributed by atoms with Crippen molar-refractivity contribution in [1.82, 2.24) is 0 Å². The highest BCUT2D eigenvalue weighted by atomic mass is 16.5. The molecule has 1 aromatic heterocycles. The summed E-state index contributed by atoms with van der Waals surface area (Å²) >= 11 is 0. The maximum atomic E-state index is 7.23. The van der Waals surface area contributed by atoms with Gasteiger partial charge in [0.05, 0.1) is 0 Å². The van der Waals surface area contributed by atoms with Crippen LogP contribution in [0.25, 0.3) is 17.9 Å². The first-order valence-corrected chi connectivity index (χ1v) is 13.1. The molecule has 0 saturated carbocycles. The lowest BCUT2D eigenvalue weighted by Crippen LogP contribution is -2.32. The van der Waals surface area contributed by atoms with Crippen LogP contribution in [0.15, 0.2) is 103 Å². The third-order valence-corrected chi connectivity index (χ3v) is 6.17. The van der Waals surface area contributed by atoms with Gasteiger partial charge in [-0.2, -0.15) is 6.54 Å². The minimum Gasteiger partial charge on any atom is -0.677 e. The van der Waals surface area contributed by atoms with Crippen LogP contribution in [0.3, 0.4) is 0 Å². The number of aryl methyl sites for hydroxylation is 1. The van der Waals surface area contributed by atoms with E-state index in [4.69, 9.17) is 15.2 Å². The highest BCUT2D eigenvalue weighted by Gasteiger charge is 2.08. The first kappa shape index (κ1) is 26.2. The molecule has 0 unspecified atom stereocenters. The predicted molar refractivity (Wildman–Crippen MR) is 151 cm³/mol. The number of nitrogens with zero attached hydrogens (tertiary/aromatic N) is 1. The molecule has 4 nitrogen and oxygen atoms in total. The fourth-order valence-corrected chi connectivity index (χ4v) is 4.03. The molecule has 0 aliphatic heterocycles. The lowest BCUT2D eigenvalue weighted by atomic mass is 10.1. The fourth-order valence-electron chi connectivity index (χ4n) is 4.03. The third-order valence-electron chi connectivity index (χ3n) is 6.17. The van der Waals surface area contributed by atoms with E-state index in [9.17, 15) is 0 Å². The Morgan fingerprint density at radius 3 is 1.84 bits per heavy atom. The second-order valence-corrected chi connectivity index (χ2v) is 9.12. The minimum absolute atomic E-state index is 0.484. The van der Waals surface area contributed by atoms with Gasteiger partial charge in [0, 0.05) is 18.6 Å². The molecule has 190 valence electrons. The van der Waals surface area contributed by atoms with Crippen LogP contribution in [0, 0.1) is 0 Å². The number of benzene rings is 3. The second kappa shape index (κ2) is 14.6. The van der Waals surface area contributed by atoms with Crippen molar-refractivity contribution in [3.8, 4) is 11.5 Å². The van der Waals surface area contributed by atoms with E-state index in [1.54, 1.807) is 0 Å². The van der Waals surface area contributed by atoms with Crippen molar-refractivity contribution >= 4 is 12.2 Å². The monoisotopic (exact) mass is 492 g/mol. The molecule has 0 atom stereocenters. The van der Waals surface area contributed by atoms with Crippen LogP contribution < -0.4 is 14.0 Å². The van der Waals surface area contributed by atoms with Gasteiger partial charge in [0.25, 0.3) is 0 Å². The van der Waals surface area contributed by atoms with Crippen molar-refractivity contribution in [2.75, 3.05) is 6.54 Å². The Balaban J connectivity index is 1.41. The summed E-state index contributed by atoms with van der Waals surface area (Å²) in [5, 5.41) is 0. The number of hydrogen-bond acceptors (Lipinski definition) is 2. The standard InChI is InChI=1S/C33H36N2O2/c34-21-9-1-2-10-22-35-23-19-28(20-24-35)15-16-29-17-18-32(36-26-30-11-5-3-6-12-30)33(25-29)37-27-31-13-7-4-8-14-31/h3-8,11-20,23-25,34H,1-2,9-10,21-22,26-27H2/b16-15+. The number of pyridine rings is 1. The summed E-state index contributed by atoms with van der Waals surface area (Å²) in [5.41, 5.74) is 11.7. The summed E-state index contributed by atoms with van der Waals surface area (Å²) in [6, 6.07) is 30.7. The van der Waals surface area contributed by atoms with Crippen molar-refractivity contribution in [2.45, 2.75) is 45.4 Å². The zero-order valence-electron chi connectivity index (χ0n) is 21.4. The summed E-state index contributed by atoms with van der Waals surface area (Å²) in [6.07, 6.45) is 13.0. The average molecular weight is 493 g/mol. The van der Waals surface area contributed by atoms with Crippen LogP contribution >= 0.6 is 0 Å². The van der Waals surface area contributed by atoms with Gasteiger partial charge in [0.1, 0.15) is 19.8 Å². The van der Waals surface area contributed by atoms with Crippen molar-refractivity contribution in [1.29, 1.82) is 0 Å². The molecule has 0 fully saturated rings. The zero-order chi connectivity index (χ0) is 25.5. The van der Waals surface area contributed by atoms with Gasteiger partial charge in [0.2, 0.25) is 0 Å². The predicted octanol–water partition coefficient (Wildman–Crippen LogP) is 7.92. The zero-order valence-corrected chi connectivity index (χ0v) is 21.4. The second-order valence-electron chi connectivity index (χ2n) is 9.12. The minimum atomic E-state index is 0.484. The molecule has 37 heavy (non-hydrogen) atoms. The van der Waals surface area contributed by atoms with E-state index >= 15 is 0 Å². The molecule has 1 heterocycles. The number of nitrogens with one attached hydrogen (secondary N) is 1. The van der Waals surface area contributed by atoms with Crippen LogP contribution in [0.2, 0.25) is 0 Å². The van der Waals surface area contributed by atoms with Crippen LogP contribution in [0.5, 0.6) is 11.5 Å². The first-order chi connectivity index (χ1) is 18.3. The summed E-state index contributed by atoms with van der Waals surface area (Å²) in [7, 11) is 0. The molecule has 3 aromatic carbocycles. The van der Waals surface area contributed by atoms with E-state index < -0.39 is 0 Å². The van der Waals surface area contributed by atoms with E-state index in [0.29, 0.717) is 19.8 Å². The van der Waals surface area contributed by atoms with Crippen molar-refractivity contribution in [3.63, 3.8) is 0 Å². The lowest BCUT2D eigenvalue weighted by molar-refractivity contribution is -0.697. The molecule has 0 bridgehead atoms. The third kappa shape index (κ3) is 8.93. The molecule has 4 heteroatoms. The van der Waals surface area contributed by atoms with Gasteiger partial charge in [0.15, 0.2) is 23.9 Å². The Morgan fingerprint density at radius 2 is 1.19 bits per heavy atom. The summed E-state index contributed by atoms with van der Waals surface area (Å²) < 4.78 is 14.6. The highest BCUT2D eigenvalue weighted by Crippen LogP contribution is 2.31. The molecule has 0 aliphatic rings. The fraction of sp³-hybridized carbons (Fsp3) is 0.242. The molecule has 0 amide bonds. The van der Waals surface area contributed by atoms with Crippen molar-refractivity contribution < 1.29 is 14.0 Å². The summed E-state index contributed by atoms with van der Waals surface area (Å²) in [5.74, 6) is 1.47. The normalized spacial score (nSPS) is 11.1. The average Bonchev–Trinajstić information content (AvgIpc) is 2.96. The molecule has 0 aliphatic carbocycles. The number of aromatic nitrogens is 1. The molecule has 1 N–H and O–H groups in total. The van der Waals surface area contributed by atoms with E-state index in [-0.39, 0.29) is 0 Å². The molecule has 4 aromatic rings. The maximum Gasteiger partial charge on any atom is 0.169 e. The van der Waals surface area contributed by atoms with E-state index in [1.165, 1.54) is 6.42 Å². The van der Waals surface area contributed by atoms with Crippen molar-refractivity contribution in [2.24, 2.45) is 0 Å². The summed E-state index contributed by atoms with van der Waals surface area (Å²) in [4.78, 5) is 0. The lowest BCUT2D eigenvalue weighted by Gasteiger charge is -2.14. The molecule has 0 radical (unpaired) electrons. The Kier molecular flexibility index (Phi) is 10.3. The molecular formula is C33H36N2O2. The SMILES string of the molecule is [NH-]CCCCCC[n+]1ccc(/C=C/c2ccc(OCc3ccccc3)c(OCc3ccccc3)c2)cc1. The highest BCUT2D eigenvalue weighted by molar-refractivity contribution is 5.70. The number of ether oxygens (including phenoxy) is 2. The Bertz CT molecular complexity index is 1220. The van der Waals surface area contributed by atoms with E-state index in [0.717, 1.165) is 59.6 Å². The summed E-state index contributed by atoms with van der Waals surface area (Å²) in [6.45, 7) is 2.54. The first-order valence-electron chi connectivity index (χ1n) is 13.1. The Labute approximate surface area is 221 Å². The van der Waals surface area contributed by atoms with Crippen LogP contribution in [0.4, 0.5) is 0 Å². The van der Waals surface area contributed by atoms with Gasteiger partial charge in [-0.15, -0.1) is 0 Å². The van der Waals surface area contributed by atoms with Gasteiger partial charge in [-0.25, -0.2) is 4.57 Å². The van der Waals surface area contributed by atoms with Gasteiger partial charge in [-0.05, 0) is 40.8 Å². The van der Waals surface area contributed by atoms with Crippen LogP contribution in [-0.2, 0) is 19.8 Å². The molecule has 0 saturated heterocycles. The van der Waals surface area contributed by atoms with E-state index in [2.05, 4.69) is 71.6 Å². The van der Waals surface area contributed by atoms with Crippen molar-refractivity contribution in [3.05, 3.63) is 131 Å². The van der Waals surface area contributed by atoms with Crippen LogP contribution in [0.1, 0.15) is 47.9 Å². The van der Waals surface area contributed by atoms with Crippen LogP contribution in [-0.4, -0.2) is 6.54 Å². The number of unbranched alkanes of at least 4 members (excludes halogenated alkanes) is 3. The Hall–Kier alpha value is -3.89. The smallest absolute Gasteiger partial charge is 0.169 e. The molecule has 4 rings (SSSR count). The van der Waals surface area contributed by atoms with Gasteiger partial charge in [-0.1, -0.05) is 91.7 Å². The molecular weight excluding hydrogens is 456 g/mol. The van der Waals surface area contributed by atoms with Gasteiger partial charge in [-0.3, -0.25) is 0 Å².